The summed E-state index contributed by atoms with van der Waals surface area (Å²) in [5, 5.41) is 0. The van der Waals surface area contributed by atoms with Crippen LogP contribution in [0, 0.1) is 0 Å². The zero-order valence-corrected chi connectivity index (χ0v) is 17.6. The molecule has 0 aliphatic carbocycles. The molecule has 8 nitrogen and oxygen atoms in total. The third kappa shape index (κ3) is 5.97. The van der Waals surface area contributed by atoms with Gasteiger partial charge in [-0.2, -0.15) is 0 Å². The highest BCUT2D eigenvalue weighted by molar-refractivity contribution is 7.48. The second-order valence-corrected chi connectivity index (χ2v) is 9.36. The van der Waals surface area contributed by atoms with Crippen LogP contribution in [0.2, 0.25) is 0 Å². The van der Waals surface area contributed by atoms with Gasteiger partial charge in [-0.05, 0) is 34.1 Å². The number of rotatable bonds is 8. The van der Waals surface area contributed by atoms with Crippen molar-refractivity contribution in [3.8, 4) is 0 Å². The van der Waals surface area contributed by atoms with Gasteiger partial charge < -0.3 is 18.9 Å². The Labute approximate surface area is 161 Å². The van der Waals surface area contributed by atoms with E-state index in [4.69, 9.17) is 32.5 Å². The first kappa shape index (κ1) is 21.7. The molecule has 3 aliphatic rings. The summed E-state index contributed by atoms with van der Waals surface area (Å²) in [5.74, 6) is 0. The zero-order chi connectivity index (χ0) is 19.4. The highest BCUT2D eigenvalue weighted by Crippen LogP contribution is 2.56. The van der Waals surface area contributed by atoms with Crippen LogP contribution >= 0.6 is 7.82 Å². The quantitative estimate of drug-likeness (QED) is 0.567. The largest absolute Gasteiger partial charge is 0.475 e. The fraction of sp³-hybridized carbons (Fsp3) is 1.00. The molecule has 0 spiro atoms. The molecule has 158 valence electrons. The van der Waals surface area contributed by atoms with E-state index in [2.05, 4.69) is 0 Å². The molecule has 0 N–H and O–H groups in total. The molecule has 3 rings (SSSR count). The number of hydrogen-bond donors (Lipinski definition) is 0. The molecular formula is C18H33O8P. The molecule has 0 radical (unpaired) electrons. The smallest absolute Gasteiger partial charge is 0.376 e. The summed E-state index contributed by atoms with van der Waals surface area (Å²) in [6, 6.07) is 0. The first-order chi connectivity index (χ1) is 12.9. The first-order valence-corrected chi connectivity index (χ1v) is 11.4. The molecule has 27 heavy (non-hydrogen) atoms. The fourth-order valence-electron chi connectivity index (χ4n) is 3.60. The monoisotopic (exact) mass is 408 g/mol. The van der Waals surface area contributed by atoms with Gasteiger partial charge in [0.05, 0.1) is 31.5 Å². The molecule has 0 aromatic heterocycles. The maximum absolute atomic E-state index is 13.1. The fourth-order valence-corrected chi connectivity index (χ4v) is 5.23. The lowest BCUT2D eigenvalue weighted by atomic mass is 10.1. The zero-order valence-electron chi connectivity index (χ0n) is 16.7. The minimum absolute atomic E-state index is 0.0662. The lowest BCUT2D eigenvalue weighted by Crippen LogP contribution is -2.41. The van der Waals surface area contributed by atoms with E-state index < -0.39 is 7.82 Å². The molecule has 3 saturated heterocycles. The molecule has 0 bridgehead atoms. The first-order valence-electron chi connectivity index (χ1n) is 9.98. The van der Waals surface area contributed by atoms with Gasteiger partial charge in [-0.15, -0.1) is 0 Å². The summed E-state index contributed by atoms with van der Waals surface area (Å²) in [6.07, 6.45) is 0.879. The lowest BCUT2D eigenvalue weighted by molar-refractivity contribution is -0.107. The Kier molecular flexibility index (Phi) is 7.73. The molecule has 3 heterocycles. The summed E-state index contributed by atoms with van der Waals surface area (Å²) in [6.45, 7) is 9.75. The van der Waals surface area contributed by atoms with Crippen LogP contribution < -0.4 is 0 Å². The molecular weight excluding hydrogens is 375 g/mol. The average Bonchev–Trinajstić information content (AvgIpc) is 3.21. The predicted molar refractivity (Wildman–Crippen MR) is 97.7 cm³/mol. The van der Waals surface area contributed by atoms with Crippen LogP contribution in [0.1, 0.15) is 47.0 Å². The van der Waals surface area contributed by atoms with Gasteiger partial charge in [-0.1, -0.05) is 0 Å². The Morgan fingerprint density at radius 3 is 2.44 bits per heavy atom. The minimum atomic E-state index is -3.69. The van der Waals surface area contributed by atoms with Crippen molar-refractivity contribution in [2.24, 2.45) is 0 Å². The van der Waals surface area contributed by atoms with Crippen LogP contribution in [0.3, 0.4) is 0 Å². The van der Waals surface area contributed by atoms with E-state index >= 15 is 0 Å². The summed E-state index contributed by atoms with van der Waals surface area (Å²) < 4.78 is 53.2. The maximum atomic E-state index is 13.1. The Balaban J connectivity index is 1.58. The summed E-state index contributed by atoms with van der Waals surface area (Å²) in [7, 11) is -3.69. The topological polar surface area (TPSA) is 81.7 Å². The molecule has 3 fully saturated rings. The highest BCUT2D eigenvalue weighted by atomic mass is 31.2. The SMILES string of the molecule is CC(C)OC[C@H]1OCC[C@@H]1O[P@@]1(=O)OCC[C@@H]([C@H]2OCC[C@@H]2OC(C)C)O1. The molecule has 0 amide bonds. The van der Waals surface area contributed by atoms with E-state index in [9.17, 15) is 4.57 Å². The van der Waals surface area contributed by atoms with Crippen molar-refractivity contribution in [1.29, 1.82) is 0 Å². The van der Waals surface area contributed by atoms with Crippen LogP contribution in [0.4, 0.5) is 0 Å². The summed E-state index contributed by atoms with van der Waals surface area (Å²) in [4.78, 5) is 0. The molecule has 0 unspecified atom stereocenters. The third-order valence-corrected chi connectivity index (χ3v) is 6.37. The molecule has 3 aliphatic heterocycles. The lowest BCUT2D eigenvalue weighted by Gasteiger charge is -2.35. The normalized spacial score (nSPS) is 40.3. The van der Waals surface area contributed by atoms with Crippen molar-refractivity contribution in [1.82, 2.24) is 0 Å². The van der Waals surface area contributed by atoms with Crippen LogP contribution in [0.5, 0.6) is 0 Å². The Morgan fingerprint density at radius 2 is 1.70 bits per heavy atom. The van der Waals surface area contributed by atoms with E-state index in [0.29, 0.717) is 39.3 Å². The van der Waals surface area contributed by atoms with E-state index in [1.165, 1.54) is 0 Å². The van der Waals surface area contributed by atoms with Crippen molar-refractivity contribution in [3.63, 3.8) is 0 Å². The van der Waals surface area contributed by atoms with Crippen LogP contribution in [-0.2, 0) is 37.1 Å². The van der Waals surface area contributed by atoms with Gasteiger partial charge in [-0.25, -0.2) is 4.57 Å². The highest BCUT2D eigenvalue weighted by Gasteiger charge is 2.47. The van der Waals surface area contributed by atoms with E-state index in [-0.39, 0.29) is 42.7 Å². The second-order valence-electron chi connectivity index (χ2n) is 7.78. The van der Waals surface area contributed by atoms with Gasteiger partial charge in [0.1, 0.15) is 24.4 Å². The minimum Gasteiger partial charge on any atom is -0.376 e. The Bertz CT molecular complexity index is 514. The molecule has 6 atom stereocenters. The van der Waals surface area contributed by atoms with Gasteiger partial charge >= 0.3 is 7.82 Å². The summed E-state index contributed by atoms with van der Waals surface area (Å²) >= 11 is 0. The van der Waals surface area contributed by atoms with E-state index in [1.807, 2.05) is 27.7 Å². The second kappa shape index (κ2) is 9.63. The maximum Gasteiger partial charge on any atom is 0.475 e. The van der Waals surface area contributed by atoms with Crippen molar-refractivity contribution >= 4 is 7.82 Å². The van der Waals surface area contributed by atoms with Crippen molar-refractivity contribution in [2.75, 3.05) is 26.4 Å². The van der Waals surface area contributed by atoms with Crippen LogP contribution in [0.15, 0.2) is 0 Å². The van der Waals surface area contributed by atoms with Gasteiger partial charge in [0, 0.05) is 26.1 Å². The van der Waals surface area contributed by atoms with E-state index in [0.717, 1.165) is 6.42 Å². The number of hydrogen-bond acceptors (Lipinski definition) is 8. The van der Waals surface area contributed by atoms with Gasteiger partial charge in [-0.3, -0.25) is 13.6 Å². The Morgan fingerprint density at radius 1 is 0.963 bits per heavy atom. The molecule has 9 heteroatoms. The molecule has 0 aromatic carbocycles. The average molecular weight is 408 g/mol. The number of ether oxygens (including phenoxy) is 4. The van der Waals surface area contributed by atoms with Crippen molar-refractivity contribution < 1.29 is 37.1 Å². The van der Waals surface area contributed by atoms with Crippen LogP contribution in [-0.4, -0.2) is 69.2 Å². The number of phosphoric acid groups is 1. The third-order valence-electron chi connectivity index (χ3n) is 4.82. The Hall–Kier alpha value is -0.0500. The van der Waals surface area contributed by atoms with Gasteiger partial charge in [0.25, 0.3) is 0 Å². The molecule has 0 aromatic rings. The van der Waals surface area contributed by atoms with Crippen molar-refractivity contribution in [2.45, 2.75) is 89.7 Å². The van der Waals surface area contributed by atoms with E-state index in [1.54, 1.807) is 0 Å². The predicted octanol–water partition coefficient (Wildman–Crippen LogP) is 3.08. The van der Waals surface area contributed by atoms with Gasteiger partial charge in [0.2, 0.25) is 0 Å². The molecule has 0 saturated carbocycles. The standard InChI is InChI=1S/C18H33O8P/c1-12(2)22-11-17-14(5-8-20-17)25-27(19)23-10-7-16(26-27)18-15(6-9-21-18)24-13(3)4/h12-18H,5-11H2,1-4H3/t14-,15-,16-,17+,18-,27+/m0/s1. The summed E-state index contributed by atoms with van der Waals surface area (Å²) in [5.41, 5.74) is 0. The van der Waals surface area contributed by atoms with Gasteiger partial charge in [0.15, 0.2) is 0 Å². The van der Waals surface area contributed by atoms with Crippen LogP contribution in [0.25, 0.3) is 0 Å². The number of phosphoric ester groups is 1. The van der Waals surface area contributed by atoms with Crippen molar-refractivity contribution in [3.05, 3.63) is 0 Å².